The molecule has 0 aliphatic carbocycles. The van der Waals surface area contributed by atoms with E-state index in [-0.39, 0.29) is 18.6 Å². The van der Waals surface area contributed by atoms with Crippen LogP contribution in [-0.2, 0) is 19.2 Å². The van der Waals surface area contributed by atoms with Crippen molar-refractivity contribution in [3.63, 3.8) is 0 Å². The summed E-state index contributed by atoms with van der Waals surface area (Å²) in [6.07, 6.45) is 0.0946. The van der Waals surface area contributed by atoms with Gasteiger partial charge in [-0.2, -0.15) is 0 Å². The fraction of sp³-hybridized carbons (Fsp3) is 0.286. The van der Waals surface area contributed by atoms with Gasteiger partial charge >= 0.3 is 5.97 Å². The van der Waals surface area contributed by atoms with Gasteiger partial charge in [0, 0.05) is 18.6 Å². The molecule has 0 radical (unpaired) electrons. The van der Waals surface area contributed by atoms with Crippen molar-refractivity contribution in [1.29, 1.82) is 5.41 Å². The highest BCUT2D eigenvalue weighted by molar-refractivity contribution is 6.07. The molecule has 1 N–H and O–H groups in total. The zero-order valence-electron chi connectivity index (χ0n) is 11.0. The maximum atomic E-state index is 12.1. The second kappa shape index (κ2) is 5.64. The Hall–Kier alpha value is -2.50. The van der Waals surface area contributed by atoms with Crippen LogP contribution in [0, 0.1) is 5.41 Å². The molecule has 2 rings (SSSR count). The van der Waals surface area contributed by atoms with Crippen LogP contribution in [0.5, 0.6) is 0 Å². The number of hydrogen-bond acceptors (Lipinski definition) is 5. The molecule has 2 amide bonds. The van der Waals surface area contributed by atoms with Crippen molar-refractivity contribution in [3.05, 3.63) is 35.9 Å². The SMILES string of the molecule is CC(=N)C(C(=O)ON1C(=O)CCC1=O)c1ccccc1. The van der Waals surface area contributed by atoms with Crippen molar-refractivity contribution < 1.29 is 19.2 Å². The molecule has 20 heavy (non-hydrogen) atoms. The molecule has 6 nitrogen and oxygen atoms in total. The molecule has 104 valence electrons. The van der Waals surface area contributed by atoms with Gasteiger partial charge in [-0.05, 0) is 12.5 Å². The van der Waals surface area contributed by atoms with Gasteiger partial charge in [0.1, 0.15) is 5.92 Å². The highest BCUT2D eigenvalue weighted by atomic mass is 16.7. The molecular weight excluding hydrogens is 260 g/mol. The van der Waals surface area contributed by atoms with Crippen LogP contribution in [0.25, 0.3) is 0 Å². The van der Waals surface area contributed by atoms with E-state index in [1.54, 1.807) is 30.3 Å². The summed E-state index contributed by atoms with van der Waals surface area (Å²) in [4.78, 5) is 39.8. The number of benzene rings is 1. The maximum Gasteiger partial charge on any atom is 0.346 e. The first-order valence-electron chi connectivity index (χ1n) is 6.18. The van der Waals surface area contributed by atoms with Crippen LogP contribution in [0.3, 0.4) is 0 Å². The monoisotopic (exact) mass is 274 g/mol. The van der Waals surface area contributed by atoms with Crippen LogP contribution < -0.4 is 0 Å². The molecule has 1 aliphatic rings. The minimum Gasteiger partial charge on any atom is -0.329 e. The molecule has 1 saturated heterocycles. The molecule has 0 aromatic heterocycles. The first-order valence-corrected chi connectivity index (χ1v) is 6.18. The zero-order valence-corrected chi connectivity index (χ0v) is 11.0. The second-order valence-electron chi connectivity index (χ2n) is 4.52. The van der Waals surface area contributed by atoms with E-state index in [0.29, 0.717) is 10.6 Å². The lowest BCUT2D eigenvalue weighted by Gasteiger charge is -2.18. The number of carbonyl (C=O) groups excluding carboxylic acids is 3. The molecule has 1 aromatic carbocycles. The number of hydroxylamine groups is 2. The molecule has 1 heterocycles. The molecule has 1 aliphatic heterocycles. The summed E-state index contributed by atoms with van der Waals surface area (Å²) in [6, 6.07) is 8.66. The van der Waals surface area contributed by atoms with Gasteiger partial charge in [0.05, 0.1) is 0 Å². The second-order valence-corrected chi connectivity index (χ2v) is 4.52. The summed E-state index contributed by atoms with van der Waals surface area (Å²) in [7, 11) is 0. The number of nitrogens with one attached hydrogen (secondary N) is 1. The van der Waals surface area contributed by atoms with Crippen molar-refractivity contribution in [2.75, 3.05) is 0 Å². The molecule has 6 heteroatoms. The molecule has 1 fully saturated rings. The Kier molecular flexibility index (Phi) is 3.93. The van der Waals surface area contributed by atoms with E-state index < -0.39 is 23.7 Å². The highest BCUT2D eigenvalue weighted by Crippen LogP contribution is 2.21. The maximum absolute atomic E-state index is 12.1. The highest BCUT2D eigenvalue weighted by Gasteiger charge is 2.35. The lowest BCUT2D eigenvalue weighted by molar-refractivity contribution is -0.197. The van der Waals surface area contributed by atoms with E-state index in [1.165, 1.54) is 6.92 Å². The van der Waals surface area contributed by atoms with Gasteiger partial charge in [0.25, 0.3) is 11.8 Å². The van der Waals surface area contributed by atoms with Crippen molar-refractivity contribution in [2.45, 2.75) is 25.7 Å². The van der Waals surface area contributed by atoms with Gasteiger partial charge in [-0.25, -0.2) is 4.79 Å². The smallest absolute Gasteiger partial charge is 0.329 e. The summed E-state index contributed by atoms with van der Waals surface area (Å²) in [6.45, 7) is 1.48. The largest absolute Gasteiger partial charge is 0.346 e. The minimum atomic E-state index is -0.919. The minimum absolute atomic E-state index is 0.0473. The number of imide groups is 1. The van der Waals surface area contributed by atoms with E-state index in [9.17, 15) is 14.4 Å². The van der Waals surface area contributed by atoms with Crippen LogP contribution in [0.4, 0.5) is 0 Å². The van der Waals surface area contributed by atoms with Crippen LogP contribution in [0.1, 0.15) is 31.2 Å². The van der Waals surface area contributed by atoms with Crippen LogP contribution in [-0.4, -0.2) is 28.6 Å². The predicted molar refractivity (Wildman–Crippen MR) is 69.8 cm³/mol. The molecule has 1 unspecified atom stereocenters. The fourth-order valence-corrected chi connectivity index (χ4v) is 2.01. The normalized spacial score (nSPS) is 16.1. The van der Waals surface area contributed by atoms with E-state index in [4.69, 9.17) is 10.2 Å². The summed E-state index contributed by atoms with van der Waals surface area (Å²) in [5.41, 5.74) is 0.671. The Balaban J connectivity index is 2.19. The van der Waals surface area contributed by atoms with Crippen molar-refractivity contribution in [3.8, 4) is 0 Å². The van der Waals surface area contributed by atoms with Crippen molar-refractivity contribution in [1.82, 2.24) is 5.06 Å². The number of rotatable bonds is 4. The van der Waals surface area contributed by atoms with Crippen LogP contribution in [0.2, 0.25) is 0 Å². The molecular formula is C14H14N2O4. The van der Waals surface area contributed by atoms with Gasteiger partial charge in [0.2, 0.25) is 0 Å². The first-order chi connectivity index (χ1) is 9.50. The van der Waals surface area contributed by atoms with E-state index in [1.807, 2.05) is 0 Å². The van der Waals surface area contributed by atoms with Gasteiger partial charge in [0.15, 0.2) is 0 Å². The van der Waals surface area contributed by atoms with Crippen LogP contribution in [0.15, 0.2) is 30.3 Å². The number of hydrogen-bond donors (Lipinski definition) is 1. The number of amides is 2. The van der Waals surface area contributed by atoms with E-state index in [2.05, 4.69) is 0 Å². The third-order valence-electron chi connectivity index (χ3n) is 2.99. The molecule has 0 bridgehead atoms. The van der Waals surface area contributed by atoms with Crippen molar-refractivity contribution in [2.24, 2.45) is 0 Å². The average Bonchev–Trinajstić information content (AvgIpc) is 2.71. The quantitative estimate of drug-likeness (QED) is 0.664. The number of nitrogens with zero attached hydrogens (tertiary/aromatic N) is 1. The summed E-state index contributed by atoms with van der Waals surface area (Å²) < 4.78 is 0. The Morgan fingerprint density at radius 1 is 1.20 bits per heavy atom. The molecule has 1 atom stereocenters. The topological polar surface area (TPSA) is 87.5 Å². The lowest BCUT2D eigenvalue weighted by atomic mass is 9.95. The molecule has 0 saturated carbocycles. The predicted octanol–water partition coefficient (Wildman–Crippen LogP) is 1.42. The zero-order chi connectivity index (χ0) is 14.7. The molecule has 1 aromatic rings. The Bertz CT molecular complexity index is 552. The number of carbonyl (C=O) groups is 3. The van der Waals surface area contributed by atoms with Gasteiger partial charge in [-0.3, -0.25) is 9.59 Å². The van der Waals surface area contributed by atoms with Gasteiger partial charge in [-0.1, -0.05) is 30.3 Å². The summed E-state index contributed by atoms with van der Waals surface area (Å²) in [5.74, 6) is -2.78. The van der Waals surface area contributed by atoms with Gasteiger partial charge in [-0.15, -0.1) is 5.06 Å². The van der Waals surface area contributed by atoms with Crippen LogP contribution >= 0.6 is 0 Å². The first kappa shape index (κ1) is 13.9. The summed E-state index contributed by atoms with van der Waals surface area (Å²) >= 11 is 0. The van der Waals surface area contributed by atoms with Gasteiger partial charge < -0.3 is 10.2 Å². The summed E-state index contributed by atoms with van der Waals surface area (Å²) in [5, 5.41) is 8.21. The standard InChI is InChI=1S/C14H14N2O4/c1-9(15)13(10-5-3-2-4-6-10)14(19)20-16-11(17)7-8-12(16)18/h2-6,13,15H,7-8H2,1H3. The Morgan fingerprint density at radius 2 is 1.75 bits per heavy atom. The fourth-order valence-electron chi connectivity index (χ4n) is 2.01. The third-order valence-corrected chi connectivity index (χ3v) is 2.99. The van der Waals surface area contributed by atoms with Crippen molar-refractivity contribution >= 4 is 23.5 Å². The molecule has 0 spiro atoms. The van der Waals surface area contributed by atoms with E-state index in [0.717, 1.165) is 0 Å². The average molecular weight is 274 g/mol. The van der Waals surface area contributed by atoms with E-state index >= 15 is 0 Å². The third kappa shape index (κ3) is 2.74. The lowest BCUT2D eigenvalue weighted by Crippen LogP contribution is -2.35. The Labute approximate surface area is 115 Å². The Morgan fingerprint density at radius 3 is 2.25 bits per heavy atom.